The zero-order valence-electron chi connectivity index (χ0n) is 18.1. The van der Waals surface area contributed by atoms with E-state index in [4.69, 9.17) is 4.74 Å². The van der Waals surface area contributed by atoms with E-state index in [9.17, 15) is 19.2 Å². The van der Waals surface area contributed by atoms with Crippen LogP contribution in [-0.4, -0.2) is 58.9 Å². The van der Waals surface area contributed by atoms with Crippen molar-refractivity contribution in [2.24, 2.45) is 0 Å². The normalized spacial score (nSPS) is 17.3. The van der Waals surface area contributed by atoms with Crippen molar-refractivity contribution in [2.45, 2.75) is 12.3 Å². The molecule has 1 aromatic heterocycles. The lowest BCUT2D eigenvalue weighted by molar-refractivity contribution is -0.117. The summed E-state index contributed by atoms with van der Waals surface area (Å²) in [4.78, 5) is 52.5. The Kier molecular flexibility index (Phi) is 5.54. The molecule has 0 bridgehead atoms. The number of ether oxygens (including phenoxy) is 1. The minimum Gasteiger partial charge on any atom is -0.497 e. The summed E-state index contributed by atoms with van der Waals surface area (Å²) in [5.74, 6) is -1.04. The second kappa shape index (κ2) is 8.67. The van der Waals surface area contributed by atoms with Gasteiger partial charge in [-0.2, -0.15) is 0 Å². The van der Waals surface area contributed by atoms with Gasteiger partial charge in [0.25, 0.3) is 11.8 Å². The van der Waals surface area contributed by atoms with E-state index in [0.29, 0.717) is 17.3 Å². The topological polar surface area (TPSA) is 122 Å². The number of benzene rings is 2. The van der Waals surface area contributed by atoms with Crippen LogP contribution in [0.2, 0.25) is 0 Å². The number of methoxy groups -OCH3 is 1. The third kappa shape index (κ3) is 3.90. The van der Waals surface area contributed by atoms with Crippen LogP contribution in [0.3, 0.4) is 0 Å². The van der Waals surface area contributed by atoms with Gasteiger partial charge in [0.1, 0.15) is 17.3 Å². The molecule has 1 saturated heterocycles. The summed E-state index contributed by atoms with van der Waals surface area (Å²) >= 11 is 1.17. The summed E-state index contributed by atoms with van der Waals surface area (Å²) in [5, 5.41) is 11.6. The lowest BCUT2D eigenvalue weighted by Crippen LogP contribution is -2.37. The molecule has 34 heavy (non-hydrogen) atoms. The summed E-state index contributed by atoms with van der Waals surface area (Å²) in [5.41, 5.74) is 1.34. The van der Waals surface area contributed by atoms with E-state index < -0.39 is 24.3 Å². The van der Waals surface area contributed by atoms with Gasteiger partial charge in [-0.25, -0.2) is 0 Å². The maximum Gasteiger partial charge on any atom is 0.262 e. The quantitative estimate of drug-likeness (QED) is 0.541. The summed E-state index contributed by atoms with van der Waals surface area (Å²) in [6, 6.07) is 13.7. The largest absolute Gasteiger partial charge is 0.497 e. The third-order valence-corrected chi connectivity index (χ3v) is 6.73. The van der Waals surface area contributed by atoms with Crippen LogP contribution in [0.5, 0.6) is 5.75 Å². The molecular weight excluding hydrogens is 458 g/mol. The van der Waals surface area contributed by atoms with Crippen LogP contribution in [0, 0.1) is 0 Å². The van der Waals surface area contributed by atoms with Crippen molar-refractivity contribution in [3.63, 3.8) is 0 Å². The summed E-state index contributed by atoms with van der Waals surface area (Å²) in [7, 11) is 1.58. The third-order valence-electron chi connectivity index (χ3n) is 5.73. The molecule has 5 rings (SSSR count). The maximum absolute atomic E-state index is 12.6. The van der Waals surface area contributed by atoms with Crippen molar-refractivity contribution < 1.29 is 23.9 Å². The molecule has 0 spiro atoms. The van der Waals surface area contributed by atoms with Crippen LogP contribution in [0.1, 0.15) is 38.1 Å². The first-order valence-corrected chi connectivity index (χ1v) is 11.3. The number of imide groups is 1. The first-order valence-electron chi connectivity index (χ1n) is 10.5. The standard InChI is InChI=1S/C23H19N5O5S/c1-33-15-8-6-14(7-9-15)27-11-13(10-19(27)30)20-25-26-23(34-20)24-18(29)12-28-21(31)16-4-2-3-5-17(16)22(28)32/h2-9,13H,10-12H2,1H3,(H,24,26,29)/t13-/m0/s1. The number of amides is 4. The first-order chi connectivity index (χ1) is 16.4. The number of carbonyl (C=O) groups is 4. The molecule has 0 unspecified atom stereocenters. The number of hydrogen-bond acceptors (Lipinski definition) is 8. The van der Waals surface area contributed by atoms with Crippen molar-refractivity contribution in [1.29, 1.82) is 0 Å². The van der Waals surface area contributed by atoms with Crippen LogP contribution in [0.25, 0.3) is 0 Å². The lowest BCUT2D eigenvalue weighted by atomic mass is 10.1. The minimum atomic E-state index is -0.556. The Morgan fingerprint density at radius 1 is 1.06 bits per heavy atom. The molecule has 0 saturated carbocycles. The smallest absolute Gasteiger partial charge is 0.262 e. The monoisotopic (exact) mass is 477 g/mol. The van der Waals surface area contributed by atoms with Gasteiger partial charge >= 0.3 is 0 Å². The van der Waals surface area contributed by atoms with Gasteiger partial charge in [0, 0.05) is 24.6 Å². The molecule has 1 atom stereocenters. The van der Waals surface area contributed by atoms with Gasteiger partial charge in [-0.15, -0.1) is 10.2 Å². The molecule has 3 aromatic rings. The molecule has 172 valence electrons. The zero-order valence-corrected chi connectivity index (χ0v) is 18.9. The Bertz CT molecular complexity index is 1270. The second-order valence-corrected chi connectivity index (χ2v) is 8.85. The Morgan fingerprint density at radius 3 is 2.38 bits per heavy atom. The number of anilines is 2. The van der Waals surface area contributed by atoms with E-state index in [1.807, 2.05) is 12.1 Å². The molecule has 4 amide bonds. The molecule has 1 N–H and O–H groups in total. The average Bonchev–Trinajstić information content (AvgIpc) is 3.53. The predicted molar refractivity (Wildman–Crippen MR) is 123 cm³/mol. The van der Waals surface area contributed by atoms with Crippen LogP contribution >= 0.6 is 11.3 Å². The van der Waals surface area contributed by atoms with Crippen molar-refractivity contribution in [1.82, 2.24) is 15.1 Å². The molecule has 2 aromatic carbocycles. The van der Waals surface area contributed by atoms with Crippen LogP contribution in [-0.2, 0) is 9.59 Å². The molecule has 2 aliphatic rings. The molecule has 1 fully saturated rings. The first kappa shape index (κ1) is 21.7. The van der Waals surface area contributed by atoms with Crippen molar-refractivity contribution in [2.75, 3.05) is 30.4 Å². The highest BCUT2D eigenvalue weighted by Gasteiger charge is 2.37. The van der Waals surface area contributed by atoms with Crippen molar-refractivity contribution >= 4 is 45.8 Å². The van der Waals surface area contributed by atoms with Crippen LogP contribution in [0.4, 0.5) is 10.8 Å². The van der Waals surface area contributed by atoms with E-state index in [0.717, 1.165) is 10.6 Å². The molecule has 11 heteroatoms. The molecule has 2 aliphatic heterocycles. The molecular formula is C23H19N5O5S. The number of hydrogen-bond donors (Lipinski definition) is 1. The molecule has 10 nitrogen and oxygen atoms in total. The fourth-order valence-corrected chi connectivity index (χ4v) is 4.87. The Morgan fingerprint density at radius 2 is 1.74 bits per heavy atom. The van der Waals surface area contributed by atoms with E-state index in [1.165, 1.54) is 11.3 Å². The summed E-state index contributed by atoms with van der Waals surface area (Å²) < 4.78 is 5.16. The van der Waals surface area contributed by atoms with Crippen molar-refractivity contribution in [3.8, 4) is 5.75 Å². The van der Waals surface area contributed by atoms with Gasteiger partial charge in [0.15, 0.2) is 0 Å². The second-order valence-electron chi connectivity index (χ2n) is 7.84. The van der Waals surface area contributed by atoms with Gasteiger partial charge in [-0.1, -0.05) is 23.5 Å². The number of nitrogens with one attached hydrogen (secondary N) is 1. The van der Waals surface area contributed by atoms with Crippen molar-refractivity contribution in [3.05, 3.63) is 64.7 Å². The number of aromatic nitrogens is 2. The van der Waals surface area contributed by atoms with Gasteiger partial charge < -0.3 is 9.64 Å². The molecule has 0 aliphatic carbocycles. The van der Waals surface area contributed by atoms with Crippen LogP contribution in [0.15, 0.2) is 48.5 Å². The molecule has 3 heterocycles. The minimum absolute atomic E-state index is 0.0263. The van der Waals surface area contributed by atoms with Gasteiger partial charge in [-0.05, 0) is 36.4 Å². The van der Waals surface area contributed by atoms with Gasteiger partial charge in [-0.3, -0.25) is 29.4 Å². The fraction of sp³-hybridized carbons (Fsp3) is 0.217. The Balaban J connectivity index is 1.21. The van der Waals surface area contributed by atoms with E-state index in [2.05, 4.69) is 15.5 Å². The van der Waals surface area contributed by atoms with Crippen LogP contribution < -0.4 is 15.0 Å². The lowest BCUT2D eigenvalue weighted by Gasteiger charge is -2.16. The fourth-order valence-electron chi connectivity index (χ4n) is 4.02. The summed E-state index contributed by atoms with van der Waals surface area (Å²) in [6.07, 6.45) is 0.281. The highest BCUT2D eigenvalue weighted by atomic mass is 32.1. The average molecular weight is 478 g/mol. The maximum atomic E-state index is 12.6. The number of rotatable bonds is 6. The van der Waals surface area contributed by atoms with Gasteiger partial charge in [0.2, 0.25) is 16.9 Å². The Labute approximate surface area is 198 Å². The van der Waals surface area contributed by atoms with Gasteiger partial charge in [0.05, 0.1) is 18.2 Å². The van der Waals surface area contributed by atoms with E-state index >= 15 is 0 Å². The number of fused-ring (bicyclic) bond motifs is 1. The highest BCUT2D eigenvalue weighted by Crippen LogP contribution is 2.34. The number of nitrogens with zero attached hydrogens (tertiary/aromatic N) is 4. The Hall–Kier alpha value is -4.12. The summed E-state index contributed by atoms with van der Waals surface area (Å²) in [6.45, 7) is 0.0250. The zero-order chi connectivity index (χ0) is 23.8. The van der Waals surface area contributed by atoms with E-state index in [1.54, 1.807) is 48.4 Å². The predicted octanol–water partition coefficient (Wildman–Crippen LogP) is 2.30. The SMILES string of the molecule is COc1ccc(N2C[C@@H](c3nnc(NC(=O)CN4C(=O)c5ccccc5C4=O)s3)CC2=O)cc1. The number of carbonyl (C=O) groups excluding carboxylic acids is 4. The molecule has 0 radical (unpaired) electrons. The van der Waals surface area contributed by atoms with E-state index in [-0.39, 0.29) is 34.5 Å². The highest BCUT2D eigenvalue weighted by molar-refractivity contribution is 7.15.